The molecule has 2 N–H and O–H groups in total. The molecule has 1 aliphatic heterocycles. The summed E-state index contributed by atoms with van der Waals surface area (Å²) in [4.78, 5) is 29.8. The summed E-state index contributed by atoms with van der Waals surface area (Å²) in [6.07, 6.45) is -2.91. The standard InChI is InChI=1S/C24H27F3N8O3/c1-15(36)28-13-21(37)34-9-8-20(19(14-34)16-6-4-3-5-7-16)29-11-17-10-18(12-30-22(17)38-2)35-23(24(25,26)27)31-32-33-35/h3-7,10,12,19-20,29H,8-9,11,13-14H2,1-2H3,(H,28,36)/t19-,20-/m0/s1. The normalized spacial score (nSPS) is 17.8. The summed E-state index contributed by atoms with van der Waals surface area (Å²) in [5, 5.41) is 15.7. The Bertz CT molecular complexity index is 1270. The zero-order chi connectivity index (χ0) is 27.3. The van der Waals surface area contributed by atoms with Crippen LogP contribution in [-0.2, 0) is 22.3 Å². The number of methoxy groups -OCH3 is 1. The second-order valence-corrected chi connectivity index (χ2v) is 8.82. The maximum absolute atomic E-state index is 13.3. The van der Waals surface area contributed by atoms with Gasteiger partial charge in [0.15, 0.2) is 0 Å². The zero-order valence-corrected chi connectivity index (χ0v) is 20.8. The fourth-order valence-electron chi connectivity index (χ4n) is 4.46. The van der Waals surface area contributed by atoms with Crippen LogP contribution in [0.25, 0.3) is 5.69 Å². The van der Waals surface area contributed by atoms with Gasteiger partial charge in [0.05, 0.1) is 25.5 Å². The highest BCUT2D eigenvalue weighted by molar-refractivity contribution is 5.83. The van der Waals surface area contributed by atoms with E-state index >= 15 is 0 Å². The van der Waals surface area contributed by atoms with Crippen molar-refractivity contribution in [3.05, 3.63) is 59.5 Å². The first-order chi connectivity index (χ1) is 18.2. The maximum Gasteiger partial charge on any atom is 0.453 e. The van der Waals surface area contributed by atoms with E-state index in [9.17, 15) is 22.8 Å². The highest BCUT2D eigenvalue weighted by atomic mass is 19.4. The topological polar surface area (TPSA) is 127 Å². The second kappa shape index (κ2) is 11.5. The Kier molecular flexibility index (Phi) is 8.20. The third-order valence-electron chi connectivity index (χ3n) is 6.31. The summed E-state index contributed by atoms with van der Waals surface area (Å²) in [5.41, 5.74) is 1.59. The van der Waals surface area contributed by atoms with Gasteiger partial charge in [0.25, 0.3) is 5.82 Å². The Balaban J connectivity index is 1.54. The van der Waals surface area contributed by atoms with E-state index in [1.807, 2.05) is 30.3 Å². The van der Waals surface area contributed by atoms with E-state index in [0.29, 0.717) is 29.8 Å². The van der Waals surface area contributed by atoms with Gasteiger partial charge in [0.2, 0.25) is 17.7 Å². The number of ether oxygens (including phenoxy) is 1. The Hall–Kier alpha value is -4.07. The van der Waals surface area contributed by atoms with E-state index in [-0.39, 0.29) is 48.4 Å². The average Bonchev–Trinajstić information content (AvgIpc) is 3.42. The number of pyridine rings is 1. The molecule has 1 fully saturated rings. The van der Waals surface area contributed by atoms with Crippen LogP contribution in [0.2, 0.25) is 0 Å². The van der Waals surface area contributed by atoms with Gasteiger partial charge in [-0.15, -0.1) is 5.10 Å². The summed E-state index contributed by atoms with van der Waals surface area (Å²) < 4.78 is 45.9. The number of halogens is 3. The van der Waals surface area contributed by atoms with Gasteiger partial charge in [-0.2, -0.15) is 17.9 Å². The van der Waals surface area contributed by atoms with Crippen LogP contribution in [0.4, 0.5) is 13.2 Å². The molecule has 3 heterocycles. The van der Waals surface area contributed by atoms with Crippen LogP contribution in [0.3, 0.4) is 0 Å². The minimum absolute atomic E-state index is 0.0397. The number of likely N-dealkylation sites (tertiary alicyclic amines) is 1. The number of amides is 2. The molecule has 1 aromatic carbocycles. The number of tetrazole rings is 1. The van der Waals surface area contributed by atoms with E-state index < -0.39 is 12.0 Å². The summed E-state index contributed by atoms with van der Waals surface area (Å²) in [7, 11) is 1.43. The van der Waals surface area contributed by atoms with Gasteiger partial charge in [0.1, 0.15) is 0 Å². The smallest absolute Gasteiger partial charge is 0.453 e. The van der Waals surface area contributed by atoms with Gasteiger partial charge < -0.3 is 20.3 Å². The number of carbonyl (C=O) groups excluding carboxylic acids is 2. The second-order valence-electron chi connectivity index (χ2n) is 8.82. The first-order valence-electron chi connectivity index (χ1n) is 11.9. The Labute approximate surface area is 216 Å². The first-order valence-corrected chi connectivity index (χ1v) is 11.9. The summed E-state index contributed by atoms with van der Waals surface area (Å²) >= 11 is 0. The molecule has 11 nitrogen and oxygen atoms in total. The third kappa shape index (κ3) is 6.25. The van der Waals surface area contributed by atoms with Crippen LogP contribution in [0.5, 0.6) is 5.88 Å². The molecule has 0 radical (unpaired) electrons. The molecular weight excluding hydrogens is 505 g/mol. The molecule has 14 heteroatoms. The highest BCUT2D eigenvalue weighted by Gasteiger charge is 2.38. The molecule has 0 bridgehead atoms. The van der Waals surface area contributed by atoms with Crippen molar-refractivity contribution in [1.82, 2.24) is 40.7 Å². The number of piperidine rings is 1. The van der Waals surface area contributed by atoms with E-state index in [1.54, 1.807) is 4.90 Å². The Morgan fingerprint density at radius 3 is 2.66 bits per heavy atom. The number of hydrogen-bond donors (Lipinski definition) is 2. The number of alkyl halides is 3. The summed E-state index contributed by atoms with van der Waals surface area (Å²) in [6.45, 7) is 2.45. The SMILES string of the molecule is COc1ncc(-n2nnnc2C(F)(F)F)cc1CN[C@H]1CCN(C(=O)CNC(C)=O)C[C@H]1c1ccccc1. The molecule has 2 aromatic heterocycles. The van der Waals surface area contributed by atoms with Gasteiger partial charge in [-0.25, -0.2) is 4.98 Å². The Morgan fingerprint density at radius 1 is 1.21 bits per heavy atom. The van der Waals surface area contributed by atoms with Crippen molar-refractivity contribution in [2.75, 3.05) is 26.7 Å². The molecular formula is C24H27F3N8O3. The number of nitrogens with zero attached hydrogens (tertiary/aromatic N) is 6. The van der Waals surface area contributed by atoms with Crippen LogP contribution in [-0.4, -0.2) is 74.7 Å². The molecule has 4 rings (SSSR count). The zero-order valence-electron chi connectivity index (χ0n) is 20.8. The van der Waals surface area contributed by atoms with Crippen LogP contribution in [0.15, 0.2) is 42.6 Å². The van der Waals surface area contributed by atoms with E-state index in [2.05, 4.69) is 31.1 Å². The molecule has 2 amide bonds. The molecule has 3 aromatic rings. The first kappa shape index (κ1) is 27.0. The molecule has 0 spiro atoms. The largest absolute Gasteiger partial charge is 0.481 e. The van der Waals surface area contributed by atoms with E-state index in [4.69, 9.17) is 4.74 Å². The quantitative estimate of drug-likeness (QED) is 0.449. The number of nitrogens with one attached hydrogen (secondary N) is 2. The number of carbonyl (C=O) groups is 2. The van der Waals surface area contributed by atoms with E-state index in [0.717, 1.165) is 5.56 Å². The Morgan fingerprint density at radius 2 is 1.97 bits per heavy atom. The van der Waals surface area contributed by atoms with Crippen molar-refractivity contribution in [2.24, 2.45) is 0 Å². The predicted molar refractivity (Wildman–Crippen MR) is 128 cm³/mol. The molecule has 1 aliphatic rings. The third-order valence-corrected chi connectivity index (χ3v) is 6.31. The monoisotopic (exact) mass is 532 g/mol. The number of benzene rings is 1. The number of aromatic nitrogens is 5. The lowest BCUT2D eigenvalue weighted by atomic mass is 9.85. The molecule has 1 saturated heterocycles. The van der Waals surface area contributed by atoms with Crippen molar-refractivity contribution in [2.45, 2.75) is 38.0 Å². The predicted octanol–water partition coefficient (Wildman–Crippen LogP) is 1.70. The van der Waals surface area contributed by atoms with Gasteiger partial charge >= 0.3 is 6.18 Å². The van der Waals surface area contributed by atoms with Crippen molar-refractivity contribution >= 4 is 11.8 Å². The minimum Gasteiger partial charge on any atom is -0.481 e. The fourth-order valence-corrected chi connectivity index (χ4v) is 4.46. The van der Waals surface area contributed by atoms with Crippen molar-refractivity contribution in [1.29, 1.82) is 0 Å². The van der Waals surface area contributed by atoms with Crippen LogP contribution in [0, 0.1) is 0 Å². The minimum atomic E-state index is -4.74. The van der Waals surface area contributed by atoms with E-state index in [1.165, 1.54) is 26.3 Å². The summed E-state index contributed by atoms with van der Waals surface area (Å²) in [6, 6.07) is 11.2. The lowest BCUT2D eigenvalue weighted by molar-refractivity contribution is -0.146. The van der Waals surface area contributed by atoms with Crippen molar-refractivity contribution in [3.8, 4) is 11.6 Å². The molecule has 38 heavy (non-hydrogen) atoms. The van der Waals surface area contributed by atoms with Crippen LogP contribution in [0.1, 0.15) is 36.2 Å². The molecule has 0 unspecified atom stereocenters. The van der Waals surface area contributed by atoms with Crippen LogP contribution >= 0.6 is 0 Å². The fraction of sp³-hybridized carbons (Fsp3) is 0.417. The number of hydrogen-bond acceptors (Lipinski definition) is 8. The molecule has 2 atom stereocenters. The van der Waals surface area contributed by atoms with Crippen molar-refractivity contribution in [3.63, 3.8) is 0 Å². The number of rotatable bonds is 8. The van der Waals surface area contributed by atoms with Gasteiger partial charge in [-0.3, -0.25) is 9.59 Å². The molecule has 0 aliphatic carbocycles. The molecule has 202 valence electrons. The summed E-state index contributed by atoms with van der Waals surface area (Å²) in [5.74, 6) is -1.51. The van der Waals surface area contributed by atoms with Gasteiger partial charge in [-0.05, 0) is 28.5 Å². The maximum atomic E-state index is 13.3. The van der Waals surface area contributed by atoms with Crippen LogP contribution < -0.4 is 15.4 Å². The lowest BCUT2D eigenvalue weighted by Crippen LogP contribution is -2.51. The van der Waals surface area contributed by atoms with Gasteiger partial charge in [0, 0.05) is 44.1 Å². The lowest BCUT2D eigenvalue weighted by Gasteiger charge is -2.39. The average molecular weight is 533 g/mol. The van der Waals surface area contributed by atoms with Gasteiger partial charge in [-0.1, -0.05) is 30.3 Å². The molecule has 0 saturated carbocycles. The van der Waals surface area contributed by atoms with Crippen molar-refractivity contribution < 1.29 is 27.5 Å². The highest BCUT2D eigenvalue weighted by Crippen LogP contribution is 2.30.